The first-order chi connectivity index (χ1) is 14.1. The molecule has 4 nitrogen and oxygen atoms in total. The number of halogens is 2. The predicted octanol–water partition coefficient (Wildman–Crippen LogP) is 4.19. The fourth-order valence-electron chi connectivity index (χ4n) is 3.70. The average molecular weight is 415 g/mol. The molecule has 0 spiro atoms. The van der Waals surface area contributed by atoms with Crippen LogP contribution in [0.1, 0.15) is 0 Å². The molecular formula is C23H24ClFN2O2. The minimum Gasteiger partial charge on any atom is -0.489 e. The highest BCUT2D eigenvalue weighted by atomic mass is 35.5. The Morgan fingerprint density at radius 1 is 0.966 bits per heavy atom. The van der Waals surface area contributed by atoms with Gasteiger partial charge in [0.1, 0.15) is 24.3 Å². The molecule has 1 aliphatic heterocycles. The molecule has 1 heterocycles. The minimum absolute atomic E-state index is 0.191. The number of β-amino-alcohol motifs (C(OH)–C–C–N with tert-alkyl or cyclic N) is 1. The van der Waals surface area contributed by atoms with Crippen LogP contribution in [0.5, 0.6) is 5.75 Å². The van der Waals surface area contributed by atoms with Gasteiger partial charge in [-0.2, -0.15) is 0 Å². The first kappa shape index (κ1) is 20.0. The fraction of sp³-hybridized carbons (Fsp3) is 0.304. The zero-order valence-corrected chi connectivity index (χ0v) is 16.9. The van der Waals surface area contributed by atoms with E-state index >= 15 is 0 Å². The van der Waals surface area contributed by atoms with Crippen LogP contribution in [0.25, 0.3) is 10.8 Å². The van der Waals surface area contributed by atoms with E-state index in [-0.39, 0.29) is 12.4 Å². The maximum Gasteiger partial charge on any atom is 0.138 e. The first-order valence-corrected chi connectivity index (χ1v) is 10.2. The number of anilines is 1. The molecule has 1 saturated heterocycles. The lowest BCUT2D eigenvalue weighted by Crippen LogP contribution is -2.49. The van der Waals surface area contributed by atoms with Crippen LogP contribution in [0.15, 0.2) is 60.7 Å². The molecule has 6 heteroatoms. The molecule has 0 aliphatic carbocycles. The van der Waals surface area contributed by atoms with Gasteiger partial charge in [-0.25, -0.2) is 4.39 Å². The molecule has 4 rings (SSSR count). The summed E-state index contributed by atoms with van der Waals surface area (Å²) in [7, 11) is 0. The summed E-state index contributed by atoms with van der Waals surface area (Å²) in [4.78, 5) is 4.45. The van der Waals surface area contributed by atoms with Crippen molar-refractivity contribution in [3.05, 3.63) is 71.5 Å². The third-order valence-corrected chi connectivity index (χ3v) is 5.68. The van der Waals surface area contributed by atoms with Crippen LogP contribution < -0.4 is 9.64 Å². The lowest BCUT2D eigenvalue weighted by atomic mass is 10.1. The van der Waals surface area contributed by atoms with Crippen molar-refractivity contribution in [2.75, 3.05) is 44.2 Å². The van der Waals surface area contributed by atoms with Crippen LogP contribution in [0.3, 0.4) is 0 Å². The number of hydrogen-bond acceptors (Lipinski definition) is 4. The van der Waals surface area contributed by atoms with E-state index in [0.29, 0.717) is 17.3 Å². The Kier molecular flexibility index (Phi) is 6.19. The molecule has 1 atom stereocenters. The van der Waals surface area contributed by atoms with Gasteiger partial charge in [-0.3, -0.25) is 4.90 Å². The van der Waals surface area contributed by atoms with E-state index in [0.717, 1.165) is 42.6 Å². The molecule has 0 saturated carbocycles. The van der Waals surface area contributed by atoms with E-state index in [9.17, 15) is 9.50 Å². The van der Waals surface area contributed by atoms with E-state index in [4.69, 9.17) is 16.3 Å². The van der Waals surface area contributed by atoms with Gasteiger partial charge in [0.05, 0.1) is 5.02 Å². The number of piperazine rings is 1. The second kappa shape index (κ2) is 8.99. The number of rotatable bonds is 6. The van der Waals surface area contributed by atoms with Gasteiger partial charge in [0, 0.05) is 43.8 Å². The number of benzene rings is 3. The van der Waals surface area contributed by atoms with Crippen LogP contribution in [-0.2, 0) is 0 Å². The standard InChI is InChI=1S/C23H24ClFN2O2/c24-23-21-4-2-1-3-17(21)5-10-22(23)29-16-20(28)15-26-11-13-27(14-12-26)19-8-6-18(25)7-9-19/h1-10,20,28H,11-16H2/t20-/m1/s1. The highest BCUT2D eigenvalue weighted by molar-refractivity contribution is 6.37. The summed E-state index contributed by atoms with van der Waals surface area (Å²) in [5, 5.41) is 13.0. The smallest absolute Gasteiger partial charge is 0.138 e. The van der Waals surface area contributed by atoms with Gasteiger partial charge >= 0.3 is 0 Å². The predicted molar refractivity (Wildman–Crippen MR) is 116 cm³/mol. The minimum atomic E-state index is -0.602. The summed E-state index contributed by atoms with van der Waals surface area (Å²) >= 11 is 6.45. The van der Waals surface area contributed by atoms with Gasteiger partial charge < -0.3 is 14.7 Å². The number of ether oxygens (including phenoxy) is 1. The van der Waals surface area contributed by atoms with Gasteiger partial charge in [0.2, 0.25) is 0 Å². The maximum absolute atomic E-state index is 13.1. The van der Waals surface area contributed by atoms with Crippen LogP contribution in [0, 0.1) is 5.82 Å². The molecule has 0 unspecified atom stereocenters. The molecule has 3 aromatic rings. The lowest BCUT2D eigenvalue weighted by molar-refractivity contribution is 0.0664. The molecule has 1 fully saturated rings. The summed E-state index contributed by atoms with van der Waals surface area (Å²) in [5.74, 6) is 0.368. The van der Waals surface area contributed by atoms with E-state index in [1.165, 1.54) is 12.1 Å². The Bertz CT molecular complexity index is 959. The van der Waals surface area contributed by atoms with Crippen molar-refractivity contribution in [1.29, 1.82) is 0 Å². The van der Waals surface area contributed by atoms with E-state index in [1.807, 2.05) is 36.4 Å². The van der Waals surface area contributed by atoms with Crippen LogP contribution in [0.4, 0.5) is 10.1 Å². The Labute approximate surface area is 175 Å². The fourth-order valence-corrected chi connectivity index (χ4v) is 3.99. The Hall–Kier alpha value is -2.34. The lowest BCUT2D eigenvalue weighted by Gasteiger charge is -2.36. The van der Waals surface area contributed by atoms with Crippen LogP contribution in [-0.4, -0.2) is 55.4 Å². The molecule has 1 aliphatic rings. The Balaban J connectivity index is 1.27. The number of aliphatic hydroxyl groups is 1. The summed E-state index contributed by atoms with van der Waals surface area (Å²) in [6.07, 6.45) is -0.602. The molecule has 29 heavy (non-hydrogen) atoms. The number of fused-ring (bicyclic) bond motifs is 1. The molecule has 0 bridgehead atoms. The highest BCUT2D eigenvalue weighted by Crippen LogP contribution is 2.32. The molecule has 1 N–H and O–H groups in total. The average Bonchev–Trinajstić information content (AvgIpc) is 2.75. The van der Waals surface area contributed by atoms with Crippen molar-refractivity contribution in [2.24, 2.45) is 0 Å². The van der Waals surface area contributed by atoms with Crippen molar-refractivity contribution in [2.45, 2.75) is 6.10 Å². The maximum atomic E-state index is 13.1. The molecule has 0 aromatic heterocycles. The monoisotopic (exact) mass is 414 g/mol. The molecular weight excluding hydrogens is 391 g/mol. The van der Waals surface area contributed by atoms with Crippen LogP contribution >= 0.6 is 11.6 Å². The molecule has 0 amide bonds. The van der Waals surface area contributed by atoms with Gasteiger partial charge in [-0.15, -0.1) is 0 Å². The van der Waals surface area contributed by atoms with Crippen molar-refractivity contribution in [1.82, 2.24) is 4.90 Å². The first-order valence-electron chi connectivity index (χ1n) is 9.81. The van der Waals surface area contributed by atoms with Gasteiger partial charge in [-0.1, -0.05) is 41.9 Å². The van der Waals surface area contributed by atoms with Crippen LogP contribution in [0.2, 0.25) is 5.02 Å². The highest BCUT2D eigenvalue weighted by Gasteiger charge is 2.20. The molecule has 0 radical (unpaired) electrons. The second-order valence-electron chi connectivity index (χ2n) is 7.33. The third-order valence-electron chi connectivity index (χ3n) is 5.29. The summed E-state index contributed by atoms with van der Waals surface area (Å²) in [5.41, 5.74) is 1.03. The van der Waals surface area contributed by atoms with Crippen molar-refractivity contribution in [3.8, 4) is 5.75 Å². The van der Waals surface area contributed by atoms with E-state index in [2.05, 4.69) is 9.80 Å². The van der Waals surface area contributed by atoms with E-state index in [1.54, 1.807) is 12.1 Å². The van der Waals surface area contributed by atoms with E-state index < -0.39 is 6.10 Å². The second-order valence-corrected chi connectivity index (χ2v) is 7.71. The number of nitrogens with zero attached hydrogens (tertiary/aromatic N) is 2. The number of aliphatic hydroxyl groups excluding tert-OH is 1. The van der Waals surface area contributed by atoms with Crippen molar-refractivity contribution >= 4 is 28.1 Å². The summed E-state index contributed by atoms with van der Waals surface area (Å²) in [6.45, 7) is 4.10. The van der Waals surface area contributed by atoms with Crippen molar-refractivity contribution < 1.29 is 14.2 Å². The normalized spacial score (nSPS) is 16.2. The van der Waals surface area contributed by atoms with Gasteiger partial charge in [-0.05, 0) is 35.7 Å². The number of hydrogen-bond donors (Lipinski definition) is 1. The largest absolute Gasteiger partial charge is 0.489 e. The summed E-state index contributed by atoms with van der Waals surface area (Å²) in [6, 6.07) is 18.3. The zero-order valence-electron chi connectivity index (χ0n) is 16.1. The zero-order chi connectivity index (χ0) is 20.2. The van der Waals surface area contributed by atoms with Gasteiger partial charge in [0.25, 0.3) is 0 Å². The Morgan fingerprint density at radius 2 is 1.69 bits per heavy atom. The SMILES string of the molecule is O[C@@H](COc1ccc2ccccc2c1Cl)CN1CCN(c2ccc(F)cc2)CC1. The molecule has 152 valence electrons. The third kappa shape index (κ3) is 4.81. The Morgan fingerprint density at radius 3 is 2.45 bits per heavy atom. The quantitative estimate of drug-likeness (QED) is 0.656. The topological polar surface area (TPSA) is 35.9 Å². The molecule has 3 aromatic carbocycles. The van der Waals surface area contributed by atoms with Gasteiger partial charge in [0.15, 0.2) is 0 Å². The summed E-state index contributed by atoms with van der Waals surface area (Å²) < 4.78 is 18.9. The van der Waals surface area contributed by atoms with Crippen molar-refractivity contribution in [3.63, 3.8) is 0 Å².